The number of ether oxygens (including phenoxy) is 1. The van der Waals surface area contributed by atoms with Gasteiger partial charge in [0, 0.05) is 23.9 Å². The van der Waals surface area contributed by atoms with Crippen LogP contribution in [0.5, 0.6) is 5.75 Å². The molecule has 118 valence electrons. The molecule has 0 bridgehead atoms. The zero-order chi connectivity index (χ0) is 16.4. The predicted molar refractivity (Wildman–Crippen MR) is 87.4 cm³/mol. The highest BCUT2D eigenvalue weighted by Crippen LogP contribution is 2.25. The number of nitrogens with one attached hydrogen (secondary N) is 1. The van der Waals surface area contributed by atoms with E-state index in [0.29, 0.717) is 23.5 Å². The molecule has 0 aromatic heterocycles. The summed E-state index contributed by atoms with van der Waals surface area (Å²) in [6.07, 6.45) is 0. The molecule has 5 heteroatoms. The molecule has 0 saturated carbocycles. The van der Waals surface area contributed by atoms with Gasteiger partial charge in [0.25, 0.3) is 5.91 Å². The summed E-state index contributed by atoms with van der Waals surface area (Å²) in [7, 11) is 1.57. The van der Waals surface area contributed by atoms with Crippen LogP contribution in [0, 0.1) is 0 Å². The van der Waals surface area contributed by atoms with E-state index in [-0.39, 0.29) is 11.8 Å². The number of rotatable bonds is 4. The lowest BCUT2D eigenvalue weighted by Gasteiger charge is -2.23. The Hall–Kier alpha value is -2.82. The first-order valence-corrected chi connectivity index (χ1v) is 7.44. The minimum absolute atomic E-state index is 0.103. The number of fused-ring (bicyclic) bond motifs is 1. The first kappa shape index (κ1) is 15.1. The fraction of sp³-hybridized carbons (Fsp3) is 0.222. The maximum Gasteiger partial charge on any atom is 0.255 e. The van der Waals surface area contributed by atoms with Gasteiger partial charge in [-0.3, -0.25) is 9.59 Å². The molecule has 0 spiro atoms. The number of hydrogen-bond donors (Lipinski definition) is 1. The van der Waals surface area contributed by atoms with Gasteiger partial charge in [-0.05, 0) is 30.7 Å². The second-order valence-electron chi connectivity index (χ2n) is 5.49. The summed E-state index contributed by atoms with van der Waals surface area (Å²) in [6.45, 7) is 2.20. The lowest BCUT2D eigenvalue weighted by Crippen LogP contribution is -2.42. The minimum Gasteiger partial charge on any atom is -0.497 e. The van der Waals surface area contributed by atoms with E-state index >= 15 is 0 Å². The van der Waals surface area contributed by atoms with Crippen LogP contribution in [0.15, 0.2) is 48.5 Å². The molecule has 0 saturated heterocycles. The van der Waals surface area contributed by atoms with Crippen molar-refractivity contribution < 1.29 is 14.3 Å². The molecule has 2 amide bonds. The first-order valence-electron chi connectivity index (χ1n) is 7.44. The van der Waals surface area contributed by atoms with Crippen LogP contribution in [0.4, 0.5) is 5.69 Å². The number of amides is 2. The molecule has 2 aromatic rings. The average Bonchev–Trinajstić information content (AvgIpc) is 2.91. The summed E-state index contributed by atoms with van der Waals surface area (Å²) < 4.78 is 5.14. The topological polar surface area (TPSA) is 58.6 Å². The van der Waals surface area contributed by atoms with E-state index < -0.39 is 6.04 Å². The molecule has 3 rings (SSSR count). The van der Waals surface area contributed by atoms with Crippen molar-refractivity contribution in [2.45, 2.75) is 19.5 Å². The molecule has 1 aliphatic heterocycles. The highest BCUT2D eigenvalue weighted by molar-refractivity contribution is 6.03. The summed E-state index contributed by atoms with van der Waals surface area (Å²) in [4.78, 5) is 26.5. The monoisotopic (exact) mass is 310 g/mol. The Labute approximate surface area is 134 Å². The van der Waals surface area contributed by atoms with Crippen LogP contribution >= 0.6 is 0 Å². The van der Waals surface area contributed by atoms with Crippen molar-refractivity contribution in [3.05, 3.63) is 59.7 Å². The summed E-state index contributed by atoms with van der Waals surface area (Å²) in [5, 5.41) is 2.83. The maximum absolute atomic E-state index is 12.4. The van der Waals surface area contributed by atoms with Crippen LogP contribution in [-0.4, -0.2) is 29.9 Å². The Kier molecular flexibility index (Phi) is 4.02. The summed E-state index contributed by atoms with van der Waals surface area (Å²) in [5.74, 6) is 0.341. The SMILES string of the molecule is COc1cccc(NC(=O)[C@@H](C)N2Cc3ccccc3C2=O)c1. The van der Waals surface area contributed by atoms with Crippen molar-refractivity contribution in [2.24, 2.45) is 0 Å². The van der Waals surface area contributed by atoms with Crippen LogP contribution in [-0.2, 0) is 11.3 Å². The molecule has 0 radical (unpaired) electrons. The Balaban J connectivity index is 1.72. The van der Waals surface area contributed by atoms with Crippen molar-refractivity contribution in [3.8, 4) is 5.75 Å². The predicted octanol–water partition coefficient (Wildman–Crippen LogP) is 2.68. The Bertz CT molecular complexity index is 757. The molecule has 5 nitrogen and oxygen atoms in total. The molecule has 23 heavy (non-hydrogen) atoms. The van der Waals surface area contributed by atoms with Crippen molar-refractivity contribution >= 4 is 17.5 Å². The highest BCUT2D eigenvalue weighted by atomic mass is 16.5. The molecule has 1 heterocycles. The molecule has 1 atom stereocenters. The number of nitrogens with zero attached hydrogens (tertiary/aromatic N) is 1. The van der Waals surface area contributed by atoms with E-state index in [9.17, 15) is 9.59 Å². The first-order chi connectivity index (χ1) is 11.1. The van der Waals surface area contributed by atoms with E-state index in [0.717, 1.165) is 5.56 Å². The fourth-order valence-electron chi connectivity index (χ4n) is 2.68. The number of benzene rings is 2. The third-order valence-electron chi connectivity index (χ3n) is 4.03. The largest absolute Gasteiger partial charge is 0.497 e. The van der Waals surface area contributed by atoms with Crippen molar-refractivity contribution in [2.75, 3.05) is 12.4 Å². The van der Waals surface area contributed by atoms with Crippen molar-refractivity contribution in [1.82, 2.24) is 4.90 Å². The lowest BCUT2D eigenvalue weighted by molar-refractivity contribution is -0.120. The zero-order valence-corrected chi connectivity index (χ0v) is 13.1. The lowest BCUT2D eigenvalue weighted by atomic mass is 10.1. The second kappa shape index (κ2) is 6.12. The van der Waals surface area contributed by atoms with E-state index in [1.54, 1.807) is 49.3 Å². The molecule has 1 aliphatic rings. The third-order valence-corrected chi connectivity index (χ3v) is 4.03. The highest BCUT2D eigenvalue weighted by Gasteiger charge is 2.33. The molecule has 0 aliphatic carbocycles. The third kappa shape index (κ3) is 2.90. The van der Waals surface area contributed by atoms with Crippen LogP contribution < -0.4 is 10.1 Å². The quantitative estimate of drug-likeness (QED) is 0.944. The minimum atomic E-state index is -0.555. The van der Waals surface area contributed by atoms with Gasteiger partial charge in [-0.1, -0.05) is 24.3 Å². The number of carbonyl (C=O) groups is 2. The van der Waals surface area contributed by atoms with Gasteiger partial charge < -0.3 is 15.0 Å². The second-order valence-corrected chi connectivity index (χ2v) is 5.49. The van der Waals surface area contributed by atoms with Gasteiger partial charge in [0.15, 0.2) is 0 Å². The van der Waals surface area contributed by atoms with Crippen LogP contribution in [0.3, 0.4) is 0 Å². The van der Waals surface area contributed by atoms with Gasteiger partial charge in [0.05, 0.1) is 7.11 Å². The Morgan fingerprint density at radius 1 is 1.22 bits per heavy atom. The van der Waals surface area contributed by atoms with Gasteiger partial charge in [0.1, 0.15) is 11.8 Å². The number of carbonyl (C=O) groups excluding carboxylic acids is 2. The molecule has 1 N–H and O–H groups in total. The summed E-state index contributed by atoms with van der Waals surface area (Å²) >= 11 is 0. The number of methoxy groups -OCH3 is 1. The van der Waals surface area contributed by atoms with E-state index in [1.807, 2.05) is 18.2 Å². The smallest absolute Gasteiger partial charge is 0.255 e. The van der Waals surface area contributed by atoms with Crippen LogP contribution in [0.25, 0.3) is 0 Å². The summed E-state index contributed by atoms with van der Waals surface area (Å²) in [6, 6.07) is 14.0. The van der Waals surface area contributed by atoms with Crippen LogP contribution in [0.2, 0.25) is 0 Å². The normalized spacial score (nSPS) is 14.3. The number of hydrogen-bond acceptors (Lipinski definition) is 3. The number of anilines is 1. The Morgan fingerprint density at radius 2 is 2.00 bits per heavy atom. The van der Waals surface area contributed by atoms with Gasteiger partial charge in [-0.25, -0.2) is 0 Å². The van der Waals surface area contributed by atoms with Crippen molar-refractivity contribution in [1.29, 1.82) is 0 Å². The molecule has 2 aromatic carbocycles. The zero-order valence-electron chi connectivity index (χ0n) is 13.1. The van der Waals surface area contributed by atoms with Gasteiger partial charge in [-0.15, -0.1) is 0 Å². The van der Waals surface area contributed by atoms with E-state index in [2.05, 4.69) is 5.32 Å². The Morgan fingerprint density at radius 3 is 2.74 bits per heavy atom. The average molecular weight is 310 g/mol. The summed E-state index contributed by atoms with van der Waals surface area (Å²) in [5.41, 5.74) is 2.28. The molecule has 0 unspecified atom stereocenters. The molecular weight excluding hydrogens is 292 g/mol. The van der Waals surface area contributed by atoms with Gasteiger partial charge in [-0.2, -0.15) is 0 Å². The van der Waals surface area contributed by atoms with Crippen LogP contribution in [0.1, 0.15) is 22.8 Å². The van der Waals surface area contributed by atoms with Gasteiger partial charge in [0.2, 0.25) is 5.91 Å². The molecule has 0 fully saturated rings. The standard InChI is InChI=1S/C18H18N2O3/c1-12(17(21)19-14-7-5-8-15(10-14)23-2)20-11-13-6-3-4-9-16(13)18(20)22/h3-10,12H,11H2,1-2H3,(H,19,21)/t12-/m1/s1. The van der Waals surface area contributed by atoms with E-state index in [4.69, 9.17) is 4.74 Å². The maximum atomic E-state index is 12.4. The molecular formula is C18H18N2O3. The fourth-order valence-corrected chi connectivity index (χ4v) is 2.68. The van der Waals surface area contributed by atoms with E-state index in [1.165, 1.54) is 0 Å². The van der Waals surface area contributed by atoms with Gasteiger partial charge >= 0.3 is 0 Å². The van der Waals surface area contributed by atoms with Crippen molar-refractivity contribution in [3.63, 3.8) is 0 Å².